The first-order valence-corrected chi connectivity index (χ1v) is 11.7. The molecule has 10 nitrogen and oxygen atoms in total. The molecule has 0 N–H and O–H groups in total. The van der Waals surface area contributed by atoms with E-state index in [-0.39, 0.29) is 13.2 Å². The van der Waals surface area contributed by atoms with Crippen LogP contribution in [0.3, 0.4) is 0 Å². The van der Waals surface area contributed by atoms with Gasteiger partial charge in [-0.2, -0.15) is 0 Å². The summed E-state index contributed by atoms with van der Waals surface area (Å²) in [7, 11) is 0. The van der Waals surface area contributed by atoms with Gasteiger partial charge in [0.25, 0.3) is 5.78 Å². The molecule has 0 unspecified atom stereocenters. The van der Waals surface area contributed by atoms with Crippen molar-refractivity contribution in [3.63, 3.8) is 0 Å². The molecule has 35 heavy (non-hydrogen) atoms. The highest BCUT2D eigenvalue weighted by atomic mass is 16.6. The number of hydrogen-bond donors (Lipinski definition) is 0. The Labute approximate surface area is 207 Å². The lowest BCUT2D eigenvalue weighted by Crippen LogP contribution is -2.20. The number of rotatable bonds is 25. The molecule has 198 valence electrons. The van der Waals surface area contributed by atoms with Gasteiger partial charge in [0.2, 0.25) is 0 Å². The zero-order chi connectivity index (χ0) is 25.2. The molecule has 10 heteroatoms. The number of hydrogen-bond acceptors (Lipinski definition) is 10. The maximum atomic E-state index is 11.8. The van der Waals surface area contributed by atoms with Crippen LogP contribution in [0.15, 0.2) is 43.0 Å². The van der Waals surface area contributed by atoms with Gasteiger partial charge in [-0.05, 0) is 0 Å². The minimum absolute atomic E-state index is 0.00515. The van der Waals surface area contributed by atoms with Crippen molar-refractivity contribution in [3.8, 4) is 0 Å². The topological polar surface area (TPSA) is 108 Å². The lowest BCUT2D eigenvalue weighted by Gasteiger charge is -2.08. The smallest absolute Gasteiger partial charge is 0.379 e. The average molecular weight is 499 g/mol. The maximum Gasteiger partial charge on any atom is 0.379 e. The molecule has 1 rings (SSSR count). The molecule has 1 aromatic rings. The van der Waals surface area contributed by atoms with Gasteiger partial charge in [0.1, 0.15) is 6.61 Å². The van der Waals surface area contributed by atoms with Crippen molar-refractivity contribution in [1.29, 1.82) is 0 Å². The van der Waals surface area contributed by atoms with E-state index in [2.05, 4.69) is 6.58 Å². The van der Waals surface area contributed by atoms with Crippen molar-refractivity contribution in [3.05, 3.63) is 48.6 Å². The summed E-state index contributed by atoms with van der Waals surface area (Å²) in [5.74, 6) is -1.56. The Balaban J connectivity index is 1.73. The summed E-state index contributed by atoms with van der Waals surface area (Å²) in [6.45, 7) is 9.99. The quantitative estimate of drug-likeness (QED) is 0.0650. The maximum absolute atomic E-state index is 11.8. The minimum atomic E-state index is -0.892. The molecule has 0 radical (unpaired) electrons. The van der Waals surface area contributed by atoms with E-state index in [4.69, 9.17) is 37.9 Å². The van der Waals surface area contributed by atoms with Gasteiger partial charge in [0.05, 0.1) is 92.5 Å². The fraction of sp³-hybridized carbons (Fsp3) is 0.600. The number of ether oxygens (including phenoxy) is 8. The van der Waals surface area contributed by atoms with Gasteiger partial charge in [-0.25, -0.2) is 4.79 Å². The molecule has 1 aromatic carbocycles. The molecule has 0 aliphatic heterocycles. The average Bonchev–Trinajstić information content (AvgIpc) is 2.89. The molecule has 0 fully saturated rings. The predicted molar refractivity (Wildman–Crippen MR) is 128 cm³/mol. The molecular weight excluding hydrogens is 460 g/mol. The Morgan fingerprint density at radius 2 is 0.943 bits per heavy atom. The zero-order valence-electron chi connectivity index (χ0n) is 20.4. The molecule has 0 aliphatic carbocycles. The van der Waals surface area contributed by atoms with Gasteiger partial charge in [-0.15, -0.1) is 6.58 Å². The normalized spacial score (nSPS) is 10.9. The summed E-state index contributed by atoms with van der Waals surface area (Å²) >= 11 is 0. The number of ketones is 1. The Bertz CT molecular complexity index is 653. The second-order valence-corrected chi connectivity index (χ2v) is 6.87. The number of Topliss-reactive ketones (excluding diaryl/α,β-unsaturated/α-hetero) is 1. The fourth-order valence-corrected chi connectivity index (χ4v) is 2.45. The highest BCUT2D eigenvalue weighted by molar-refractivity contribution is 6.40. The van der Waals surface area contributed by atoms with Gasteiger partial charge < -0.3 is 37.9 Å². The highest BCUT2D eigenvalue weighted by Gasteiger charge is 2.16. The fourth-order valence-electron chi connectivity index (χ4n) is 2.45. The van der Waals surface area contributed by atoms with Crippen molar-refractivity contribution in [2.75, 3.05) is 99.1 Å². The van der Waals surface area contributed by atoms with Gasteiger partial charge in [0, 0.05) is 5.56 Å². The summed E-state index contributed by atoms with van der Waals surface area (Å²) in [6.07, 6.45) is 1.70. The van der Waals surface area contributed by atoms with Crippen molar-refractivity contribution >= 4 is 11.8 Å². The van der Waals surface area contributed by atoms with Crippen LogP contribution >= 0.6 is 0 Å². The Hall–Kier alpha value is -2.18. The molecule has 0 atom stereocenters. The van der Waals surface area contributed by atoms with Gasteiger partial charge in [0.15, 0.2) is 0 Å². The molecule has 0 aliphatic rings. The standard InChI is InChI=1S/C25H38O10/c1-2-8-28-9-10-29-11-12-30-13-14-31-15-16-32-17-18-33-19-20-34-21-22-35-25(27)24(26)23-6-4-3-5-7-23/h2-7H,1,8-22H2. The van der Waals surface area contributed by atoms with Gasteiger partial charge in [-0.3, -0.25) is 4.79 Å². The van der Waals surface area contributed by atoms with E-state index in [1.54, 1.807) is 36.4 Å². The van der Waals surface area contributed by atoms with Gasteiger partial charge in [-0.1, -0.05) is 36.4 Å². The number of esters is 1. The summed E-state index contributed by atoms with van der Waals surface area (Å²) in [6, 6.07) is 8.26. The predicted octanol–water partition coefficient (Wildman–Crippen LogP) is 1.71. The van der Waals surface area contributed by atoms with E-state index in [9.17, 15) is 9.59 Å². The van der Waals surface area contributed by atoms with E-state index >= 15 is 0 Å². The molecule has 0 saturated carbocycles. The van der Waals surface area contributed by atoms with Crippen LogP contribution in [0.4, 0.5) is 0 Å². The minimum Gasteiger partial charge on any atom is -0.457 e. The van der Waals surface area contributed by atoms with Crippen molar-refractivity contribution in [1.82, 2.24) is 0 Å². The SMILES string of the molecule is C=CCOCCOCCOCCOCCOCCOCCOCCOC(=O)C(=O)c1ccccc1. The van der Waals surface area contributed by atoms with Crippen LogP contribution in [-0.4, -0.2) is 111 Å². The third-order valence-corrected chi connectivity index (χ3v) is 4.15. The third-order valence-electron chi connectivity index (χ3n) is 4.15. The summed E-state index contributed by atoms with van der Waals surface area (Å²) < 4.78 is 42.3. The molecule has 0 spiro atoms. The molecular formula is C25H38O10. The first kappa shape index (κ1) is 30.9. The largest absolute Gasteiger partial charge is 0.457 e. The van der Waals surface area contributed by atoms with Crippen LogP contribution < -0.4 is 0 Å². The Morgan fingerprint density at radius 3 is 1.34 bits per heavy atom. The second-order valence-electron chi connectivity index (χ2n) is 6.87. The Kier molecular flexibility index (Phi) is 20.8. The van der Waals surface area contributed by atoms with Crippen LogP contribution in [0.1, 0.15) is 10.4 Å². The van der Waals surface area contributed by atoms with E-state index in [0.29, 0.717) is 91.5 Å². The summed E-state index contributed by atoms with van der Waals surface area (Å²) in [5, 5.41) is 0. The lowest BCUT2D eigenvalue weighted by atomic mass is 10.1. The third kappa shape index (κ3) is 18.8. The first-order chi connectivity index (χ1) is 17.3. The number of carbonyl (C=O) groups excluding carboxylic acids is 2. The summed E-state index contributed by atoms with van der Waals surface area (Å²) in [5.41, 5.74) is 0.300. The van der Waals surface area contributed by atoms with E-state index in [1.807, 2.05) is 0 Å². The van der Waals surface area contributed by atoms with Crippen molar-refractivity contribution in [2.45, 2.75) is 0 Å². The molecule has 0 saturated heterocycles. The van der Waals surface area contributed by atoms with Crippen LogP contribution in [0, 0.1) is 0 Å². The number of carbonyl (C=O) groups is 2. The molecule has 0 bridgehead atoms. The first-order valence-electron chi connectivity index (χ1n) is 11.7. The van der Waals surface area contributed by atoms with E-state index in [1.165, 1.54) is 0 Å². The molecule has 0 heterocycles. The van der Waals surface area contributed by atoms with E-state index < -0.39 is 11.8 Å². The van der Waals surface area contributed by atoms with Crippen LogP contribution in [-0.2, 0) is 42.7 Å². The van der Waals surface area contributed by atoms with Crippen LogP contribution in [0.25, 0.3) is 0 Å². The van der Waals surface area contributed by atoms with Crippen LogP contribution in [0.2, 0.25) is 0 Å². The monoisotopic (exact) mass is 498 g/mol. The second kappa shape index (κ2) is 23.6. The van der Waals surface area contributed by atoms with Crippen LogP contribution in [0.5, 0.6) is 0 Å². The Morgan fingerprint density at radius 1 is 0.571 bits per heavy atom. The summed E-state index contributed by atoms with van der Waals surface area (Å²) in [4.78, 5) is 23.5. The molecule has 0 aromatic heterocycles. The lowest BCUT2D eigenvalue weighted by molar-refractivity contribution is -0.139. The van der Waals surface area contributed by atoms with Gasteiger partial charge >= 0.3 is 5.97 Å². The zero-order valence-corrected chi connectivity index (χ0v) is 20.4. The van der Waals surface area contributed by atoms with Crippen molar-refractivity contribution in [2.24, 2.45) is 0 Å². The van der Waals surface area contributed by atoms with Crippen molar-refractivity contribution < 1.29 is 47.5 Å². The highest BCUT2D eigenvalue weighted by Crippen LogP contribution is 2.01. The van der Waals surface area contributed by atoms with E-state index in [0.717, 1.165) is 0 Å². The number of benzene rings is 1. The molecule has 0 amide bonds.